The van der Waals surface area contributed by atoms with E-state index in [2.05, 4.69) is 10.3 Å². The minimum absolute atomic E-state index is 0.186. The van der Waals surface area contributed by atoms with Gasteiger partial charge in [0.1, 0.15) is 5.82 Å². The number of hydrogen-bond acceptors (Lipinski definition) is 5. The number of hydrogen-bond donors (Lipinski definition) is 1. The van der Waals surface area contributed by atoms with Gasteiger partial charge in [-0.25, -0.2) is 4.39 Å². The summed E-state index contributed by atoms with van der Waals surface area (Å²) in [6, 6.07) is 9.37. The van der Waals surface area contributed by atoms with E-state index < -0.39 is 0 Å². The van der Waals surface area contributed by atoms with Crippen LogP contribution in [0.2, 0.25) is 5.02 Å². The first-order chi connectivity index (χ1) is 14.5. The van der Waals surface area contributed by atoms with Gasteiger partial charge >= 0.3 is 0 Å². The van der Waals surface area contributed by atoms with Gasteiger partial charge in [0, 0.05) is 30.1 Å². The lowest BCUT2D eigenvalue weighted by Crippen LogP contribution is -2.23. The molecule has 0 aliphatic carbocycles. The van der Waals surface area contributed by atoms with Gasteiger partial charge < -0.3 is 19.5 Å². The van der Waals surface area contributed by atoms with Crippen LogP contribution < -0.4 is 19.5 Å². The van der Waals surface area contributed by atoms with E-state index in [1.165, 1.54) is 39.7 Å². The summed E-state index contributed by atoms with van der Waals surface area (Å²) in [5, 5.41) is 3.05. The Morgan fingerprint density at radius 3 is 2.50 bits per heavy atom. The van der Waals surface area contributed by atoms with Gasteiger partial charge in [0.15, 0.2) is 11.5 Å². The SMILES string of the molecule is COc1cc(-c2cncc(C(=O)NCc3cccc(F)c3)c2)c(Cl)c(OC)c1OC. The molecule has 3 aromatic rings. The number of rotatable bonds is 7. The standard InChI is InChI=1S/C22H20ClFN2O4/c1-28-18-9-17(19(23)21(30-3)20(18)29-2)14-8-15(12-25-11-14)22(27)26-10-13-5-4-6-16(24)7-13/h4-9,11-12H,10H2,1-3H3,(H,26,27). The molecule has 0 spiro atoms. The molecule has 0 aliphatic heterocycles. The molecule has 0 saturated heterocycles. The number of amides is 1. The average Bonchev–Trinajstić information content (AvgIpc) is 2.77. The van der Waals surface area contributed by atoms with Gasteiger partial charge in [-0.3, -0.25) is 9.78 Å². The van der Waals surface area contributed by atoms with E-state index in [0.29, 0.717) is 44.5 Å². The predicted molar refractivity (Wildman–Crippen MR) is 112 cm³/mol. The minimum atomic E-state index is -0.359. The number of halogens is 2. The molecule has 1 N–H and O–H groups in total. The van der Waals surface area contributed by atoms with Gasteiger partial charge in [0.05, 0.1) is 31.9 Å². The third-order valence-electron chi connectivity index (χ3n) is 4.42. The van der Waals surface area contributed by atoms with Crippen LogP contribution in [-0.2, 0) is 6.54 Å². The van der Waals surface area contributed by atoms with Crippen molar-refractivity contribution in [3.05, 3.63) is 70.8 Å². The second-order valence-corrected chi connectivity index (χ2v) is 6.66. The van der Waals surface area contributed by atoms with Crippen molar-refractivity contribution in [2.75, 3.05) is 21.3 Å². The molecular formula is C22H20ClFN2O4. The fourth-order valence-electron chi connectivity index (χ4n) is 2.97. The molecule has 6 nitrogen and oxygen atoms in total. The van der Waals surface area contributed by atoms with Crippen molar-refractivity contribution >= 4 is 17.5 Å². The summed E-state index contributed by atoms with van der Waals surface area (Å²) in [4.78, 5) is 16.7. The third-order valence-corrected chi connectivity index (χ3v) is 4.80. The largest absolute Gasteiger partial charge is 0.493 e. The number of nitrogens with zero attached hydrogens (tertiary/aromatic N) is 1. The number of carbonyl (C=O) groups is 1. The third kappa shape index (κ3) is 4.46. The molecular weight excluding hydrogens is 411 g/mol. The first kappa shape index (κ1) is 21.4. The monoisotopic (exact) mass is 430 g/mol. The minimum Gasteiger partial charge on any atom is -0.493 e. The Morgan fingerprint density at radius 1 is 1.07 bits per heavy atom. The highest BCUT2D eigenvalue weighted by atomic mass is 35.5. The van der Waals surface area contributed by atoms with Crippen molar-refractivity contribution < 1.29 is 23.4 Å². The molecule has 0 unspecified atom stereocenters. The van der Waals surface area contributed by atoms with E-state index in [1.54, 1.807) is 30.5 Å². The molecule has 1 amide bonds. The molecule has 0 aliphatic rings. The fourth-order valence-corrected chi connectivity index (χ4v) is 3.30. The Labute approximate surface area is 178 Å². The van der Waals surface area contributed by atoms with Gasteiger partial charge in [-0.2, -0.15) is 0 Å². The molecule has 0 atom stereocenters. The second-order valence-electron chi connectivity index (χ2n) is 6.28. The topological polar surface area (TPSA) is 69.7 Å². The Balaban J connectivity index is 1.90. The van der Waals surface area contributed by atoms with Crippen LogP contribution in [0.15, 0.2) is 48.8 Å². The Morgan fingerprint density at radius 2 is 1.83 bits per heavy atom. The number of carbonyl (C=O) groups excluding carboxylic acids is 1. The maximum absolute atomic E-state index is 13.3. The van der Waals surface area contributed by atoms with Crippen LogP contribution in [0.25, 0.3) is 11.1 Å². The molecule has 0 bridgehead atoms. The highest BCUT2D eigenvalue weighted by Crippen LogP contribution is 2.47. The lowest BCUT2D eigenvalue weighted by Gasteiger charge is -2.16. The number of pyridine rings is 1. The van der Waals surface area contributed by atoms with Crippen LogP contribution >= 0.6 is 11.6 Å². The second kappa shape index (κ2) is 9.45. The molecule has 30 heavy (non-hydrogen) atoms. The summed E-state index contributed by atoms with van der Waals surface area (Å²) in [7, 11) is 4.46. The van der Waals surface area contributed by atoms with Gasteiger partial charge in [-0.1, -0.05) is 23.7 Å². The summed E-state index contributed by atoms with van der Waals surface area (Å²) in [6.07, 6.45) is 3.02. The molecule has 3 rings (SSSR count). The highest BCUT2D eigenvalue weighted by molar-refractivity contribution is 6.35. The lowest BCUT2D eigenvalue weighted by molar-refractivity contribution is 0.0950. The van der Waals surface area contributed by atoms with Gasteiger partial charge in [0.25, 0.3) is 5.91 Å². The number of ether oxygens (including phenoxy) is 3. The molecule has 156 valence electrons. The van der Waals surface area contributed by atoms with Crippen molar-refractivity contribution in [2.24, 2.45) is 0 Å². The fraction of sp³-hybridized carbons (Fsp3) is 0.182. The molecule has 0 radical (unpaired) electrons. The summed E-state index contributed by atoms with van der Waals surface area (Å²) < 4.78 is 29.4. The first-order valence-corrected chi connectivity index (χ1v) is 9.32. The lowest BCUT2D eigenvalue weighted by atomic mass is 10.0. The van der Waals surface area contributed by atoms with Crippen LogP contribution in [0.4, 0.5) is 4.39 Å². The maximum atomic E-state index is 13.3. The van der Waals surface area contributed by atoms with E-state index in [1.807, 2.05) is 0 Å². The predicted octanol–water partition coefficient (Wildman–Crippen LogP) is 4.50. The van der Waals surface area contributed by atoms with Crippen LogP contribution in [0, 0.1) is 5.82 Å². The highest BCUT2D eigenvalue weighted by Gasteiger charge is 2.21. The van der Waals surface area contributed by atoms with E-state index in [0.717, 1.165) is 0 Å². The Hall–Kier alpha value is -3.32. The summed E-state index contributed by atoms with van der Waals surface area (Å²) >= 11 is 6.52. The number of aromatic nitrogens is 1. The van der Waals surface area contributed by atoms with Crippen LogP contribution in [0.1, 0.15) is 15.9 Å². The van der Waals surface area contributed by atoms with Crippen LogP contribution in [0.5, 0.6) is 17.2 Å². The summed E-state index contributed by atoms with van der Waals surface area (Å²) in [5.41, 5.74) is 2.14. The molecule has 0 saturated carbocycles. The average molecular weight is 431 g/mol. The smallest absolute Gasteiger partial charge is 0.253 e. The quantitative estimate of drug-likeness (QED) is 0.597. The molecule has 8 heteroatoms. The summed E-state index contributed by atoms with van der Waals surface area (Å²) in [6.45, 7) is 0.186. The zero-order valence-electron chi connectivity index (χ0n) is 16.7. The van der Waals surface area contributed by atoms with Gasteiger partial charge in [-0.15, -0.1) is 0 Å². The molecule has 0 fully saturated rings. The van der Waals surface area contributed by atoms with E-state index in [9.17, 15) is 9.18 Å². The van der Waals surface area contributed by atoms with Gasteiger partial charge in [0.2, 0.25) is 5.75 Å². The Bertz CT molecular complexity index is 1070. The van der Waals surface area contributed by atoms with Crippen molar-refractivity contribution in [3.63, 3.8) is 0 Å². The zero-order chi connectivity index (χ0) is 21.7. The summed E-state index contributed by atoms with van der Waals surface area (Å²) in [5.74, 6) is 0.398. The van der Waals surface area contributed by atoms with E-state index in [-0.39, 0.29) is 18.3 Å². The zero-order valence-corrected chi connectivity index (χ0v) is 17.4. The number of nitrogens with one attached hydrogen (secondary N) is 1. The molecule has 1 aromatic heterocycles. The van der Waals surface area contributed by atoms with Crippen LogP contribution in [-0.4, -0.2) is 32.2 Å². The Kier molecular flexibility index (Phi) is 6.74. The first-order valence-electron chi connectivity index (χ1n) is 8.95. The maximum Gasteiger partial charge on any atom is 0.253 e. The molecule has 2 aromatic carbocycles. The van der Waals surface area contributed by atoms with Crippen molar-refractivity contribution in [3.8, 4) is 28.4 Å². The van der Waals surface area contributed by atoms with E-state index in [4.69, 9.17) is 25.8 Å². The van der Waals surface area contributed by atoms with Crippen molar-refractivity contribution in [2.45, 2.75) is 6.54 Å². The normalized spacial score (nSPS) is 10.4. The van der Waals surface area contributed by atoms with Gasteiger partial charge in [-0.05, 0) is 29.8 Å². The van der Waals surface area contributed by atoms with Crippen molar-refractivity contribution in [1.82, 2.24) is 10.3 Å². The van der Waals surface area contributed by atoms with E-state index >= 15 is 0 Å². The van der Waals surface area contributed by atoms with Crippen molar-refractivity contribution in [1.29, 1.82) is 0 Å². The van der Waals surface area contributed by atoms with Crippen LogP contribution in [0.3, 0.4) is 0 Å². The molecule has 1 heterocycles. The number of benzene rings is 2. The number of methoxy groups -OCH3 is 3.